The molecule has 7 nitrogen and oxygen atoms in total. The van der Waals surface area contributed by atoms with Crippen molar-refractivity contribution in [3.8, 4) is 11.5 Å². The molecule has 0 aromatic carbocycles. The fraction of sp³-hybridized carbons (Fsp3) is 0.389. The molecule has 0 radical (unpaired) electrons. The molecule has 4 rings (SSSR count). The van der Waals surface area contributed by atoms with Crippen LogP contribution in [0.4, 0.5) is 0 Å². The number of carbonyl (C=O) groups excluding carboxylic acids is 1. The molecule has 8 heteroatoms. The molecule has 1 amide bonds. The zero-order valence-electron chi connectivity index (χ0n) is 14.6. The van der Waals surface area contributed by atoms with Crippen molar-refractivity contribution in [2.75, 3.05) is 26.2 Å². The van der Waals surface area contributed by atoms with E-state index < -0.39 is 0 Å². The van der Waals surface area contributed by atoms with Crippen molar-refractivity contribution < 1.29 is 9.21 Å². The first kappa shape index (κ1) is 17.0. The van der Waals surface area contributed by atoms with Gasteiger partial charge in [0.2, 0.25) is 0 Å². The molecule has 3 aromatic heterocycles. The van der Waals surface area contributed by atoms with Crippen molar-refractivity contribution in [2.24, 2.45) is 0 Å². The van der Waals surface area contributed by atoms with E-state index in [1.165, 1.54) is 5.01 Å². The molecule has 1 fully saturated rings. The molecule has 1 aliphatic rings. The number of thiazole rings is 1. The second-order valence-electron chi connectivity index (χ2n) is 6.30. The summed E-state index contributed by atoms with van der Waals surface area (Å²) in [5.74, 6) is 0.636. The number of furan rings is 1. The quantitative estimate of drug-likeness (QED) is 0.746. The number of piperazine rings is 1. The number of aromatic amines is 1. The number of hydrogen-bond acceptors (Lipinski definition) is 6. The highest BCUT2D eigenvalue weighted by Gasteiger charge is 2.24. The third kappa shape index (κ3) is 3.56. The fourth-order valence-electron chi connectivity index (χ4n) is 3.07. The van der Waals surface area contributed by atoms with Gasteiger partial charge in [0.25, 0.3) is 5.91 Å². The van der Waals surface area contributed by atoms with E-state index in [1.54, 1.807) is 23.7 Å². The van der Waals surface area contributed by atoms with E-state index >= 15 is 0 Å². The van der Waals surface area contributed by atoms with Gasteiger partial charge in [-0.25, -0.2) is 4.98 Å². The fourth-order valence-corrected chi connectivity index (χ4v) is 3.81. The Balaban J connectivity index is 1.33. The van der Waals surface area contributed by atoms with Gasteiger partial charge in [-0.2, -0.15) is 5.10 Å². The standard InChI is InChI=1S/C18H21N5O2S/c1-2-17-19-13(12-26-17)11-22-5-7-23(8-6-22)18(24)15-10-14(20-21-15)16-4-3-9-25-16/h3-4,9-10,12H,2,5-8,11H2,1H3,(H,20,21). The normalized spacial score (nSPS) is 15.5. The Kier molecular flexibility index (Phi) is 4.85. The summed E-state index contributed by atoms with van der Waals surface area (Å²) < 4.78 is 5.33. The molecule has 1 aliphatic heterocycles. The van der Waals surface area contributed by atoms with Crippen molar-refractivity contribution in [1.82, 2.24) is 25.0 Å². The van der Waals surface area contributed by atoms with Crippen LogP contribution in [0.2, 0.25) is 0 Å². The van der Waals surface area contributed by atoms with E-state index in [4.69, 9.17) is 4.42 Å². The Hall–Kier alpha value is -2.45. The number of nitrogens with one attached hydrogen (secondary N) is 1. The lowest BCUT2D eigenvalue weighted by Gasteiger charge is -2.34. The molecule has 0 saturated carbocycles. The maximum Gasteiger partial charge on any atom is 0.274 e. The molecule has 1 saturated heterocycles. The Bertz CT molecular complexity index is 862. The number of H-pyrrole nitrogens is 1. The van der Waals surface area contributed by atoms with Crippen molar-refractivity contribution >= 4 is 17.2 Å². The second-order valence-corrected chi connectivity index (χ2v) is 7.24. The van der Waals surface area contributed by atoms with E-state index in [1.807, 2.05) is 17.0 Å². The minimum absolute atomic E-state index is 0.0411. The van der Waals surface area contributed by atoms with Crippen LogP contribution in [0.25, 0.3) is 11.5 Å². The number of aryl methyl sites for hydroxylation is 1. The molecule has 136 valence electrons. The van der Waals surface area contributed by atoms with E-state index in [9.17, 15) is 4.79 Å². The van der Waals surface area contributed by atoms with Crippen LogP contribution in [0.5, 0.6) is 0 Å². The van der Waals surface area contributed by atoms with Crippen LogP contribution < -0.4 is 0 Å². The summed E-state index contributed by atoms with van der Waals surface area (Å²) in [6, 6.07) is 5.39. The molecule has 0 atom stereocenters. The summed E-state index contributed by atoms with van der Waals surface area (Å²) in [7, 11) is 0. The molecule has 4 heterocycles. The highest BCUT2D eigenvalue weighted by Crippen LogP contribution is 2.19. The number of rotatable bonds is 5. The van der Waals surface area contributed by atoms with Crippen molar-refractivity contribution in [3.05, 3.63) is 46.2 Å². The molecule has 0 bridgehead atoms. The number of carbonyl (C=O) groups is 1. The van der Waals surface area contributed by atoms with Crippen molar-refractivity contribution in [1.29, 1.82) is 0 Å². The van der Waals surface area contributed by atoms with Crippen LogP contribution >= 0.6 is 11.3 Å². The number of aromatic nitrogens is 3. The van der Waals surface area contributed by atoms with E-state index in [0.717, 1.165) is 31.7 Å². The first-order valence-corrected chi connectivity index (χ1v) is 9.65. The zero-order chi connectivity index (χ0) is 17.9. The molecule has 3 aromatic rings. The summed E-state index contributed by atoms with van der Waals surface area (Å²) in [5.41, 5.74) is 2.27. The Morgan fingerprint density at radius 2 is 2.19 bits per heavy atom. The summed E-state index contributed by atoms with van der Waals surface area (Å²) in [6.45, 7) is 6.07. The van der Waals surface area contributed by atoms with Gasteiger partial charge in [-0.3, -0.25) is 14.8 Å². The van der Waals surface area contributed by atoms with E-state index in [2.05, 4.69) is 32.4 Å². The van der Waals surface area contributed by atoms with Crippen LogP contribution in [-0.4, -0.2) is 57.1 Å². The monoisotopic (exact) mass is 371 g/mol. The average Bonchev–Trinajstić information content (AvgIpc) is 3.42. The van der Waals surface area contributed by atoms with Gasteiger partial charge in [-0.1, -0.05) is 6.92 Å². The molecule has 0 unspecified atom stereocenters. The zero-order valence-corrected chi connectivity index (χ0v) is 15.5. The van der Waals surface area contributed by atoms with Gasteiger partial charge in [0, 0.05) is 44.2 Å². The van der Waals surface area contributed by atoms with Gasteiger partial charge in [0.05, 0.1) is 17.0 Å². The SMILES string of the molecule is CCc1nc(CN2CCN(C(=O)c3cc(-c4ccco4)[nH]n3)CC2)cs1. The smallest absolute Gasteiger partial charge is 0.274 e. The van der Waals surface area contributed by atoms with E-state index in [0.29, 0.717) is 30.2 Å². The Labute approximate surface area is 155 Å². The molecular formula is C18H21N5O2S. The topological polar surface area (TPSA) is 78.3 Å². The van der Waals surface area contributed by atoms with Gasteiger partial charge >= 0.3 is 0 Å². The third-order valence-electron chi connectivity index (χ3n) is 4.53. The number of nitrogens with zero attached hydrogens (tertiary/aromatic N) is 4. The maximum atomic E-state index is 12.7. The largest absolute Gasteiger partial charge is 0.463 e. The third-order valence-corrected chi connectivity index (χ3v) is 5.57. The van der Waals surface area contributed by atoms with Crippen LogP contribution in [-0.2, 0) is 13.0 Å². The summed E-state index contributed by atoms with van der Waals surface area (Å²) in [4.78, 5) is 21.5. The first-order chi connectivity index (χ1) is 12.7. The lowest BCUT2D eigenvalue weighted by molar-refractivity contribution is 0.0621. The lowest BCUT2D eigenvalue weighted by Crippen LogP contribution is -2.48. The van der Waals surface area contributed by atoms with Gasteiger partial charge in [-0.05, 0) is 18.6 Å². The molecule has 0 spiro atoms. The van der Waals surface area contributed by atoms with Crippen LogP contribution in [0.1, 0.15) is 28.1 Å². The predicted molar refractivity (Wildman–Crippen MR) is 99.0 cm³/mol. The van der Waals surface area contributed by atoms with Crippen LogP contribution in [0, 0.1) is 0 Å². The van der Waals surface area contributed by atoms with E-state index in [-0.39, 0.29) is 5.91 Å². The van der Waals surface area contributed by atoms with Crippen molar-refractivity contribution in [2.45, 2.75) is 19.9 Å². The summed E-state index contributed by atoms with van der Waals surface area (Å²) in [5, 5.41) is 10.3. The second kappa shape index (κ2) is 7.43. The van der Waals surface area contributed by atoms with Crippen molar-refractivity contribution in [3.63, 3.8) is 0 Å². The number of hydrogen-bond donors (Lipinski definition) is 1. The average molecular weight is 371 g/mol. The molecule has 26 heavy (non-hydrogen) atoms. The summed E-state index contributed by atoms with van der Waals surface area (Å²) in [6.07, 6.45) is 2.58. The summed E-state index contributed by atoms with van der Waals surface area (Å²) >= 11 is 1.72. The molecule has 0 aliphatic carbocycles. The van der Waals surface area contributed by atoms with Gasteiger partial charge in [0.1, 0.15) is 5.69 Å². The Morgan fingerprint density at radius 1 is 1.35 bits per heavy atom. The van der Waals surface area contributed by atoms with Gasteiger partial charge < -0.3 is 9.32 Å². The predicted octanol–water partition coefficient (Wildman–Crippen LogP) is 2.65. The highest BCUT2D eigenvalue weighted by molar-refractivity contribution is 7.09. The minimum Gasteiger partial charge on any atom is -0.463 e. The number of amides is 1. The lowest BCUT2D eigenvalue weighted by atomic mass is 10.2. The molecule has 1 N–H and O–H groups in total. The Morgan fingerprint density at radius 3 is 2.88 bits per heavy atom. The highest BCUT2D eigenvalue weighted by atomic mass is 32.1. The maximum absolute atomic E-state index is 12.7. The van der Waals surface area contributed by atoms with Gasteiger partial charge in [-0.15, -0.1) is 11.3 Å². The van der Waals surface area contributed by atoms with Crippen LogP contribution in [0.15, 0.2) is 34.3 Å². The first-order valence-electron chi connectivity index (χ1n) is 8.77. The van der Waals surface area contributed by atoms with Gasteiger partial charge in [0.15, 0.2) is 11.5 Å². The van der Waals surface area contributed by atoms with Crippen LogP contribution in [0.3, 0.4) is 0 Å². The minimum atomic E-state index is -0.0411. The molecular weight excluding hydrogens is 350 g/mol.